The SMILES string of the molecule is COc1cc(C(=O)/C(C)=C/c2c[nH]c3ccccc23)cc([Se]C)c1OC. The summed E-state index contributed by atoms with van der Waals surface area (Å²) in [6.45, 7) is 1.84. The van der Waals surface area contributed by atoms with Crippen molar-refractivity contribution in [2.24, 2.45) is 0 Å². The molecule has 0 atom stereocenters. The molecule has 0 amide bonds. The molecule has 0 aliphatic heterocycles. The standard InChI is InChI=1S/C21H21NO3Se/c1-13(9-15-12-22-17-8-6-5-7-16(15)17)20(23)14-10-18(24-2)21(25-3)19(11-14)26-4/h5-12,22H,1-4H3/b13-9+. The molecule has 0 spiro atoms. The number of ether oxygens (including phenoxy) is 2. The van der Waals surface area contributed by atoms with E-state index in [1.807, 2.05) is 49.5 Å². The molecule has 1 N–H and O–H groups in total. The quantitative estimate of drug-likeness (QED) is 0.379. The van der Waals surface area contributed by atoms with Gasteiger partial charge in [-0.15, -0.1) is 0 Å². The molecule has 134 valence electrons. The van der Waals surface area contributed by atoms with Crippen LogP contribution in [0.15, 0.2) is 48.2 Å². The topological polar surface area (TPSA) is 51.3 Å². The number of ketones is 1. The van der Waals surface area contributed by atoms with Crippen LogP contribution in [0.2, 0.25) is 5.82 Å². The number of para-hydroxylation sites is 1. The fraction of sp³-hybridized carbons (Fsp3) is 0.190. The number of carbonyl (C=O) groups is 1. The van der Waals surface area contributed by atoms with E-state index in [-0.39, 0.29) is 20.7 Å². The predicted octanol–water partition coefficient (Wildman–Crippen LogP) is 3.85. The summed E-state index contributed by atoms with van der Waals surface area (Å²) in [6.07, 6.45) is 3.85. The van der Waals surface area contributed by atoms with E-state index in [1.54, 1.807) is 20.3 Å². The van der Waals surface area contributed by atoms with Crippen LogP contribution in [0.4, 0.5) is 0 Å². The fourth-order valence-electron chi connectivity index (χ4n) is 2.95. The molecule has 1 aromatic heterocycles. The summed E-state index contributed by atoms with van der Waals surface area (Å²) in [6, 6.07) is 11.7. The van der Waals surface area contributed by atoms with Gasteiger partial charge in [-0.05, 0) is 0 Å². The first-order chi connectivity index (χ1) is 12.6. The minimum atomic E-state index is -0.0123. The fourth-order valence-corrected chi connectivity index (χ4v) is 4.24. The van der Waals surface area contributed by atoms with Crippen molar-refractivity contribution in [1.82, 2.24) is 4.98 Å². The van der Waals surface area contributed by atoms with Crippen molar-refractivity contribution in [3.8, 4) is 11.5 Å². The van der Waals surface area contributed by atoms with E-state index in [4.69, 9.17) is 9.47 Å². The van der Waals surface area contributed by atoms with Gasteiger partial charge in [0, 0.05) is 0 Å². The molecule has 0 unspecified atom stereocenters. The van der Waals surface area contributed by atoms with Crippen molar-refractivity contribution < 1.29 is 14.3 Å². The number of carbonyl (C=O) groups excluding carboxylic acids is 1. The second-order valence-electron chi connectivity index (χ2n) is 5.86. The van der Waals surface area contributed by atoms with Gasteiger partial charge in [-0.3, -0.25) is 0 Å². The van der Waals surface area contributed by atoms with Crippen molar-refractivity contribution in [3.05, 3.63) is 59.3 Å². The van der Waals surface area contributed by atoms with Gasteiger partial charge in [0.15, 0.2) is 0 Å². The number of benzene rings is 2. The Kier molecular flexibility index (Phi) is 5.50. The minimum absolute atomic E-state index is 0.0123. The molecule has 0 aliphatic carbocycles. The molecule has 0 radical (unpaired) electrons. The van der Waals surface area contributed by atoms with E-state index >= 15 is 0 Å². The van der Waals surface area contributed by atoms with E-state index in [1.165, 1.54) is 0 Å². The Morgan fingerprint density at radius 3 is 2.62 bits per heavy atom. The number of allylic oxidation sites excluding steroid dienone is 1. The summed E-state index contributed by atoms with van der Waals surface area (Å²) in [5, 5.41) is 1.10. The Hall–Kier alpha value is -2.49. The van der Waals surface area contributed by atoms with E-state index in [2.05, 4.69) is 10.8 Å². The maximum atomic E-state index is 13.0. The summed E-state index contributed by atoms with van der Waals surface area (Å²) >= 11 is 0.184. The van der Waals surface area contributed by atoms with Gasteiger partial charge in [-0.1, -0.05) is 0 Å². The zero-order valence-corrected chi connectivity index (χ0v) is 17.0. The number of aromatic amines is 1. The van der Waals surface area contributed by atoms with Crippen LogP contribution in [-0.2, 0) is 0 Å². The third-order valence-electron chi connectivity index (χ3n) is 4.28. The molecule has 0 bridgehead atoms. The molecule has 3 rings (SSSR count). The van der Waals surface area contributed by atoms with Crippen LogP contribution in [0.5, 0.6) is 11.5 Å². The number of rotatable bonds is 6. The van der Waals surface area contributed by atoms with Gasteiger partial charge in [0.2, 0.25) is 0 Å². The molecule has 5 heteroatoms. The molecule has 1 heterocycles. The zero-order chi connectivity index (χ0) is 18.7. The number of hydrogen-bond acceptors (Lipinski definition) is 3. The number of nitrogens with one attached hydrogen (secondary N) is 1. The third-order valence-corrected chi connectivity index (χ3v) is 5.84. The second kappa shape index (κ2) is 7.81. The summed E-state index contributed by atoms with van der Waals surface area (Å²) in [4.78, 5) is 16.2. The summed E-state index contributed by atoms with van der Waals surface area (Å²) in [7, 11) is 3.21. The van der Waals surface area contributed by atoms with Crippen LogP contribution >= 0.6 is 0 Å². The van der Waals surface area contributed by atoms with Gasteiger partial charge in [0.05, 0.1) is 0 Å². The summed E-state index contributed by atoms with van der Waals surface area (Å²) in [5.41, 5.74) is 3.36. The maximum absolute atomic E-state index is 13.0. The molecule has 2 aromatic carbocycles. The number of hydrogen-bond donors (Lipinski definition) is 1. The van der Waals surface area contributed by atoms with Crippen LogP contribution in [0.1, 0.15) is 22.8 Å². The Bertz CT molecular complexity index is 963. The van der Waals surface area contributed by atoms with E-state index in [9.17, 15) is 4.79 Å². The van der Waals surface area contributed by atoms with Crippen molar-refractivity contribution in [2.45, 2.75) is 12.7 Å². The average molecular weight is 414 g/mol. The Balaban J connectivity index is 2.00. The van der Waals surface area contributed by atoms with Crippen LogP contribution in [0.3, 0.4) is 0 Å². The monoisotopic (exact) mass is 415 g/mol. The first-order valence-electron chi connectivity index (χ1n) is 8.18. The van der Waals surface area contributed by atoms with Crippen LogP contribution in [-0.4, -0.2) is 39.9 Å². The molecule has 0 saturated heterocycles. The first-order valence-corrected chi connectivity index (χ1v) is 10.7. The molecule has 0 saturated carbocycles. The zero-order valence-electron chi connectivity index (χ0n) is 15.3. The van der Waals surface area contributed by atoms with Gasteiger partial charge in [0.1, 0.15) is 0 Å². The van der Waals surface area contributed by atoms with Crippen LogP contribution in [0, 0.1) is 0 Å². The predicted molar refractivity (Wildman–Crippen MR) is 107 cm³/mol. The van der Waals surface area contributed by atoms with E-state index in [0.29, 0.717) is 22.6 Å². The summed E-state index contributed by atoms with van der Waals surface area (Å²) < 4.78 is 11.9. The second-order valence-corrected chi connectivity index (χ2v) is 7.64. The van der Waals surface area contributed by atoms with Gasteiger partial charge in [-0.25, -0.2) is 0 Å². The summed E-state index contributed by atoms with van der Waals surface area (Å²) in [5.74, 6) is 3.39. The first kappa shape index (κ1) is 18.3. The molecular weight excluding hydrogens is 393 g/mol. The van der Waals surface area contributed by atoms with E-state index in [0.717, 1.165) is 20.9 Å². The number of aromatic nitrogens is 1. The Morgan fingerprint density at radius 1 is 1.15 bits per heavy atom. The Labute approximate surface area is 159 Å². The molecule has 0 fully saturated rings. The van der Waals surface area contributed by atoms with Crippen molar-refractivity contribution in [1.29, 1.82) is 0 Å². The van der Waals surface area contributed by atoms with E-state index < -0.39 is 0 Å². The van der Waals surface area contributed by atoms with Crippen LogP contribution in [0.25, 0.3) is 17.0 Å². The normalized spacial score (nSPS) is 11.6. The average Bonchev–Trinajstić information content (AvgIpc) is 3.09. The van der Waals surface area contributed by atoms with Gasteiger partial charge in [-0.2, -0.15) is 0 Å². The number of methoxy groups -OCH3 is 2. The molecule has 0 aliphatic rings. The molecule has 3 aromatic rings. The van der Waals surface area contributed by atoms with Gasteiger partial charge >= 0.3 is 159 Å². The molecule has 26 heavy (non-hydrogen) atoms. The number of H-pyrrole nitrogens is 1. The molecule has 4 nitrogen and oxygen atoms in total. The van der Waals surface area contributed by atoms with Crippen molar-refractivity contribution in [2.75, 3.05) is 14.2 Å². The number of Topliss-reactive ketones (excluding diaryl/α,β-unsaturated/α-hetero) is 1. The van der Waals surface area contributed by atoms with Crippen molar-refractivity contribution in [3.63, 3.8) is 0 Å². The third kappa shape index (κ3) is 3.41. The van der Waals surface area contributed by atoms with Gasteiger partial charge < -0.3 is 0 Å². The van der Waals surface area contributed by atoms with Crippen LogP contribution < -0.4 is 13.9 Å². The Morgan fingerprint density at radius 2 is 1.92 bits per heavy atom. The van der Waals surface area contributed by atoms with Gasteiger partial charge in [0.25, 0.3) is 0 Å². The number of fused-ring (bicyclic) bond motifs is 1. The van der Waals surface area contributed by atoms with Crippen molar-refractivity contribution >= 4 is 42.2 Å². The molecular formula is C21H21NO3Se.